The zero-order chi connectivity index (χ0) is 22.6. The van der Waals surface area contributed by atoms with Gasteiger partial charge in [0.15, 0.2) is 0 Å². The molecule has 1 aromatic carbocycles. The van der Waals surface area contributed by atoms with Gasteiger partial charge in [-0.15, -0.1) is 0 Å². The maximum atomic E-state index is 9.55. The fraction of sp³-hybridized carbons (Fsp3) is 0.583. The van der Waals surface area contributed by atoms with E-state index >= 15 is 0 Å². The number of carbonyl (C=O) groups is 2. The van der Waals surface area contributed by atoms with Crippen molar-refractivity contribution in [2.24, 2.45) is 16.7 Å². The highest BCUT2D eigenvalue weighted by Crippen LogP contribution is 2.73. The van der Waals surface area contributed by atoms with Crippen molar-refractivity contribution in [3.05, 3.63) is 48.0 Å². The number of carboxylic acid groups (broad SMARTS) is 2. The maximum Gasteiger partial charge on any atom is 0.328 e. The van der Waals surface area contributed by atoms with Gasteiger partial charge < -0.3 is 19.8 Å². The summed E-state index contributed by atoms with van der Waals surface area (Å²) < 4.78 is 6.72. The molecule has 0 aromatic heterocycles. The molecular formula is C24H35NO5. The lowest BCUT2D eigenvalue weighted by Gasteiger charge is -2.49. The second-order valence-electron chi connectivity index (χ2n) is 9.35. The molecule has 30 heavy (non-hydrogen) atoms. The number of carboxylic acids is 2. The van der Waals surface area contributed by atoms with Crippen LogP contribution in [0.15, 0.2) is 42.5 Å². The minimum Gasteiger partial charge on any atom is -0.478 e. The topological polar surface area (TPSA) is 87.1 Å². The molecule has 2 N–H and O–H groups in total. The molecule has 2 unspecified atom stereocenters. The summed E-state index contributed by atoms with van der Waals surface area (Å²) in [4.78, 5) is 21.3. The molecule has 3 rings (SSSR count). The number of hydrogen-bond acceptors (Lipinski definition) is 4. The van der Waals surface area contributed by atoms with Gasteiger partial charge in [0.2, 0.25) is 0 Å². The minimum absolute atomic E-state index is 0.114. The fourth-order valence-electron chi connectivity index (χ4n) is 5.24. The average Bonchev–Trinajstić information content (AvgIpc) is 3.00. The van der Waals surface area contributed by atoms with Crippen LogP contribution in [0.5, 0.6) is 0 Å². The van der Waals surface area contributed by atoms with Gasteiger partial charge in [-0.05, 0) is 50.3 Å². The molecule has 2 aliphatic carbocycles. The Kier molecular flexibility index (Phi) is 7.48. The van der Waals surface area contributed by atoms with Gasteiger partial charge in [0.25, 0.3) is 0 Å². The van der Waals surface area contributed by atoms with E-state index in [1.807, 2.05) is 0 Å². The van der Waals surface area contributed by atoms with E-state index in [2.05, 4.69) is 70.1 Å². The molecule has 2 aliphatic rings. The third kappa shape index (κ3) is 4.60. The van der Waals surface area contributed by atoms with Crippen molar-refractivity contribution in [3.8, 4) is 0 Å². The quantitative estimate of drug-likeness (QED) is 0.652. The summed E-state index contributed by atoms with van der Waals surface area (Å²) >= 11 is 0. The first-order valence-electron chi connectivity index (χ1n) is 10.4. The van der Waals surface area contributed by atoms with E-state index in [-0.39, 0.29) is 11.0 Å². The largest absolute Gasteiger partial charge is 0.478 e. The molecule has 2 fully saturated rings. The van der Waals surface area contributed by atoms with Crippen LogP contribution in [0.3, 0.4) is 0 Å². The van der Waals surface area contributed by atoms with Crippen LogP contribution >= 0.6 is 0 Å². The summed E-state index contributed by atoms with van der Waals surface area (Å²) in [5.41, 5.74) is 1.84. The molecule has 0 radical (unpaired) electrons. The van der Waals surface area contributed by atoms with Gasteiger partial charge >= 0.3 is 11.9 Å². The first kappa shape index (κ1) is 24.1. The lowest BCUT2D eigenvalue weighted by atomic mass is 9.62. The van der Waals surface area contributed by atoms with E-state index in [1.165, 1.54) is 24.8 Å². The Labute approximate surface area is 179 Å². The van der Waals surface area contributed by atoms with Crippen molar-refractivity contribution in [2.45, 2.75) is 45.6 Å². The Morgan fingerprint density at radius 2 is 1.67 bits per heavy atom. The number of likely N-dealkylation sites (N-methyl/N-ethyl adjacent to an activating group) is 1. The molecule has 0 heterocycles. The minimum atomic E-state index is -1.26. The Balaban J connectivity index is 0.000000343. The van der Waals surface area contributed by atoms with Gasteiger partial charge in [-0.2, -0.15) is 0 Å². The van der Waals surface area contributed by atoms with Crippen molar-refractivity contribution in [1.29, 1.82) is 0 Å². The maximum absolute atomic E-state index is 9.55. The third-order valence-corrected chi connectivity index (χ3v) is 7.36. The lowest BCUT2D eigenvalue weighted by Crippen LogP contribution is -2.47. The number of ether oxygens (including phenoxy) is 1. The SMILES string of the molecule is CN(C)CCO[C@]1(c2ccccc2)CC2CCC1(C)C2(C)C.O=C(O)/C=C/C(=O)O. The van der Waals surface area contributed by atoms with Gasteiger partial charge in [-0.3, -0.25) is 0 Å². The average molecular weight is 418 g/mol. The molecule has 1 aromatic rings. The van der Waals surface area contributed by atoms with E-state index in [9.17, 15) is 9.59 Å². The number of aliphatic carboxylic acids is 2. The molecule has 2 bridgehead atoms. The van der Waals surface area contributed by atoms with Crippen LogP contribution in [0.4, 0.5) is 0 Å². The van der Waals surface area contributed by atoms with Crippen LogP contribution in [0.1, 0.15) is 45.6 Å². The zero-order valence-corrected chi connectivity index (χ0v) is 18.7. The molecule has 3 atom stereocenters. The summed E-state index contributed by atoms with van der Waals surface area (Å²) in [7, 11) is 4.23. The van der Waals surface area contributed by atoms with Crippen LogP contribution in [0.25, 0.3) is 0 Å². The van der Waals surface area contributed by atoms with Gasteiger partial charge in [0, 0.05) is 24.1 Å². The number of rotatable bonds is 7. The smallest absolute Gasteiger partial charge is 0.328 e. The van der Waals surface area contributed by atoms with Crippen molar-refractivity contribution in [2.75, 3.05) is 27.2 Å². The highest BCUT2D eigenvalue weighted by Gasteiger charge is 2.69. The molecular weight excluding hydrogens is 382 g/mol. The van der Waals surface area contributed by atoms with E-state index in [4.69, 9.17) is 14.9 Å². The highest BCUT2D eigenvalue weighted by atomic mass is 16.5. The molecule has 0 aliphatic heterocycles. The second-order valence-corrected chi connectivity index (χ2v) is 9.35. The monoisotopic (exact) mass is 417 g/mol. The predicted molar refractivity (Wildman–Crippen MR) is 116 cm³/mol. The molecule has 6 nitrogen and oxygen atoms in total. The second kappa shape index (κ2) is 9.31. The van der Waals surface area contributed by atoms with Gasteiger partial charge in [0.1, 0.15) is 0 Å². The standard InChI is InChI=1S/C20H31NO.C4H4O4/c1-18(2)17-11-12-19(18,3)20(15-17,22-14-13-21(4)5)16-9-7-6-8-10-16;5-3(6)1-2-4(7)8/h6-10,17H,11-15H2,1-5H3;1-2H,(H,5,6)(H,7,8)/b;2-1+/t17?,19?,20-;/m0./s1. The molecule has 0 saturated heterocycles. The summed E-state index contributed by atoms with van der Waals surface area (Å²) in [5, 5.41) is 15.6. The Morgan fingerprint density at radius 1 is 1.10 bits per heavy atom. The fourth-order valence-corrected chi connectivity index (χ4v) is 5.24. The van der Waals surface area contributed by atoms with E-state index in [0.29, 0.717) is 17.6 Å². The summed E-state index contributed by atoms with van der Waals surface area (Å²) in [6, 6.07) is 11.0. The van der Waals surface area contributed by atoms with Crippen molar-refractivity contribution in [1.82, 2.24) is 4.90 Å². The Hall–Kier alpha value is -2.18. The van der Waals surface area contributed by atoms with Gasteiger partial charge in [0.05, 0.1) is 12.2 Å². The zero-order valence-electron chi connectivity index (χ0n) is 18.7. The van der Waals surface area contributed by atoms with E-state index < -0.39 is 11.9 Å². The predicted octanol–water partition coefficient (Wildman–Crippen LogP) is 4.02. The summed E-state index contributed by atoms with van der Waals surface area (Å²) in [6.45, 7) is 9.19. The Morgan fingerprint density at radius 3 is 2.07 bits per heavy atom. The van der Waals surface area contributed by atoms with E-state index in [0.717, 1.165) is 19.1 Å². The first-order valence-corrected chi connectivity index (χ1v) is 10.4. The normalized spacial score (nSPS) is 29.1. The third-order valence-electron chi connectivity index (χ3n) is 7.36. The summed E-state index contributed by atoms with van der Waals surface area (Å²) in [6.07, 6.45) is 4.93. The molecule has 0 amide bonds. The van der Waals surface area contributed by atoms with Gasteiger partial charge in [-0.1, -0.05) is 51.1 Å². The van der Waals surface area contributed by atoms with Crippen molar-refractivity contribution >= 4 is 11.9 Å². The van der Waals surface area contributed by atoms with E-state index in [1.54, 1.807) is 0 Å². The van der Waals surface area contributed by atoms with Crippen LogP contribution in [0, 0.1) is 16.7 Å². The molecule has 0 spiro atoms. The molecule has 2 saturated carbocycles. The molecule has 6 heteroatoms. The molecule has 166 valence electrons. The van der Waals surface area contributed by atoms with Crippen molar-refractivity contribution in [3.63, 3.8) is 0 Å². The van der Waals surface area contributed by atoms with Gasteiger partial charge in [-0.25, -0.2) is 9.59 Å². The first-order chi connectivity index (χ1) is 14.0. The van der Waals surface area contributed by atoms with Crippen LogP contribution in [-0.2, 0) is 19.9 Å². The lowest BCUT2D eigenvalue weighted by molar-refractivity contribution is -0.148. The Bertz CT molecular complexity index is 757. The number of hydrogen-bond donors (Lipinski definition) is 2. The summed E-state index contributed by atoms with van der Waals surface area (Å²) in [5.74, 6) is -1.74. The number of fused-ring (bicyclic) bond motifs is 2. The van der Waals surface area contributed by atoms with Crippen molar-refractivity contribution < 1.29 is 24.5 Å². The number of nitrogens with zero attached hydrogens (tertiary/aromatic N) is 1. The van der Waals surface area contributed by atoms with Crippen LogP contribution < -0.4 is 0 Å². The van der Waals surface area contributed by atoms with Crippen LogP contribution in [-0.4, -0.2) is 54.3 Å². The van der Waals surface area contributed by atoms with Crippen LogP contribution in [0.2, 0.25) is 0 Å². The number of benzene rings is 1. The highest BCUT2D eigenvalue weighted by molar-refractivity contribution is 5.89.